The van der Waals surface area contributed by atoms with Crippen LogP contribution in [-0.2, 0) is 14.8 Å². The van der Waals surface area contributed by atoms with Gasteiger partial charge in [-0.15, -0.1) is 0 Å². The fourth-order valence-electron chi connectivity index (χ4n) is 3.36. The Kier molecular flexibility index (Phi) is 3.57. The zero-order valence-corrected chi connectivity index (χ0v) is 13.6. The molecule has 1 aliphatic carbocycles. The maximum Gasteiger partial charge on any atom is 0.244 e. The number of ether oxygens (including phenoxy) is 1. The Bertz CT molecular complexity index is 729. The van der Waals surface area contributed by atoms with Crippen molar-refractivity contribution in [3.63, 3.8) is 0 Å². The van der Waals surface area contributed by atoms with Crippen molar-refractivity contribution in [2.75, 3.05) is 13.1 Å². The molecule has 1 saturated carbocycles. The Labute approximate surface area is 135 Å². The van der Waals surface area contributed by atoms with Gasteiger partial charge in [0.2, 0.25) is 15.9 Å². The molecule has 1 aromatic rings. The summed E-state index contributed by atoms with van der Waals surface area (Å²) in [6, 6.07) is 6.41. The maximum atomic E-state index is 12.5. The highest BCUT2D eigenvalue weighted by molar-refractivity contribution is 7.89. The number of nitrogens with zero attached hydrogens (tertiary/aromatic N) is 1. The van der Waals surface area contributed by atoms with Gasteiger partial charge in [0.05, 0.1) is 6.04 Å². The molecule has 23 heavy (non-hydrogen) atoms. The van der Waals surface area contributed by atoms with Gasteiger partial charge in [0.15, 0.2) is 0 Å². The molecule has 0 aromatic heterocycles. The van der Waals surface area contributed by atoms with E-state index in [-0.39, 0.29) is 28.9 Å². The summed E-state index contributed by atoms with van der Waals surface area (Å²) in [5, 5.41) is 0. The summed E-state index contributed by atoms with van der Waals surface area (Å²) >= 11 is 0. The van der Waals surface area contributed by atoms with Crippen LogP contribution in [0.2, 0.25) is 0 Å². The topological polar surface area (TPSA) is 75.7 Å². The van der Waals surface area contributed by atoms with Crippen LogP contribution in [0.15, 0.2) is 29.2 Å². The summed E-state index contributed by atoms with van der Waals surface area (Å²) < 4.78 is 33.8. The number of para-hydroxylation sites is 1. The summed E-state index contributed by atoms with van der Waals surface area (Å²) in [5.74, 6) is 0.801. The molecule has 3 aliphatic rings. The fraction of sp³-hybridized carbons (Fsp3) is 0.562. The molecule has 2 atom stereocenters. The Morgan fingerprint density at radius 1 is 1.13 bits per heavy atom. The van der Waals surface area contributed by atoms with Gasteiger partial charge in [0.1, 0.15) is 16.7 Å². The van der Waals surface area contributed by atoms with Crippen molar-refractivity contribution >= 4 is 15.9 Å². The first-order chi connectivity index (χ1) is 11.0. The van der Waals surface area contributed by atoms with E-state index in [0.717, 1.165) is 12.8 Å². The second-order valence-electron chi connectivity index (χ2n) is 6.51. The highest BCUT2D eigenvalue weighted by atomic mass is 32.2. The molecular formula is C16H20N2O4S. The molecule has 7 heteroatoms. The first kappa shape index (κ1) is 15.0. The van der Waals surface area contributed by atoms with Crippen LogP contribution in [-0.4, -0.2) is 44.5 Å². The Balaban J connectivity index is 1.59. The van der Waals surface area contributed by atoms with Gasteiger partial charge < -0.3 is 9.64 Å². The summed E-state index contributed by atoms with van der Waals surface area (Å²) in [5.41, 5.74) is 0. The number of amides is 1. The Hall–Kier alpha value is -1.60. The summed E-state index contributed by atoms with van der Waals surface area (Å²) in [4.78, 5) is 14.3. The lowest BCUT2D eigenvalue weighted by Gasteiger charge is -2.22. The minimum atomic E-state index is -3.59. The van der Waals surface area contributed by atoms with E-state index in [0.29, 0.717) is 31.7 Å². The molecule has 0 radical (unpaired) electrons. The predicted octanol–water partition coefficient (Wildman–Crippen LogP) is 1.13. The molecule has 1 N–H and O–H groups in total. The van der Waals surface area contributed by atoms with Gasteiger partial charge in [0, 0.05) is 25.4 Å². The fourth-order valence-corrected chi connectivity index (χ4v) is 4.79. The lowest BCUT2D eigenvalue weighted by Crippen LogP contribution is -2.43. The quantitative estimate of drug-likeness (QED) is 0.834. The molecule has 6 nitrogen and oxygen atoms in total. The summed E-state index contributed by atoms with van der Waals surface area (Å²) in [6.07, 6.45) is 2.94. The molecule has 2 fully saturated rings. The van der Waals surface area contributed by atoms with Crippen LogP contribution in [0.5, 0.6) is 5.75 Å². The van der Waals surface area contributed by atoms with E-state index in [1.165, 1.54) is 0 Å². The zero-order chi connectivity index (χ0) is 16.0. The number of hydrogen-bond acceptors (Lipinski definition) is 4. The van der Waals surface area contributed by atoms with Gasteiger partial charge in [-0.2, -0.15) is 0 Å². The molecule has 2 aliphatic heterocycles. The average molecular weight is 336 g/mol. The molecule has 2 heterocycles. The smallest absolute Gasteiger partial charge is 0.244 e. The van der Waals surface area contributed by atoms with Gasteiger partial charge >= 0.3 is 0 Å². The third-order valence-corrected chi connectivity index (χ3v) is 6.33. The van der Waals surface area contributed by atoms with Gasteiger partial charge in [-0.3, -0.25) is 4.79 Å². The van der Waals surface area contributed by atoms with Crippen LogP contribution in [0, 0.1) is 5.92 Å². The number of likely N-dealkylation sites (tertiary alicyclic amines) is 1. The van der Waals surface area contributed by atoms with Crippen molar-refractivity contribution < 1.29 is 17.9 Å². The molecule has 1 amide bonds. The second-order valence-corrected chi connectivity index (χ2v) is 8.19. The van der Waals surface area contributed by atoms with Gasteiger partial charge in [-0.05, 0) is 31.4 Å². The van der Waals surface area contributed by atoms with Gasteiger partial charge in [0.25, 0.3) is 0 Å². The number of fused-ring (bicyclic) bond motifs is 2. The minimum Gasteiger partial charge on any atom is -0.487 e. The summed E-state index contributed by atoms with van der Waals surface area (Å²) in [6.45, 7) is 1.21. The normalized spacial score (nSPS) is 29.5. The monoisotopic (exact) mass is 336 g/mol. The van der Waals surface area contributed by atoms with Crippen molar-refractivity contribution in [1.82, 2.24) is 9.62 Å². The third kappa shape index (κ3) is 2.83. The van der Waals surface area contributed by atoms with Gasteiger partial charge in [-0.25, -0.2) is 13.1 Å². The van der Waals surface area contributed by atoms with E-state index in [9.17, 15) is 13.2 Å². The van der Waals surface area contributed by atoms with E-state index in [2.05, 4.69) is 4.72 Å². The average Bonchev–Trinajstić information content (AvgIpc) is 3.36. The highest BCUT2D eigenvalue weighted by Gasteiger charge is 2.39. The lowest BCUT2D eigenvalue weighted by atomic mass is 10.1. The van der Waals surface area contributed by atoms with Crippen LogP contribution in [0.4, 0.5) is 0 Å². The second kappa shape index (κ2) is 5.49. The molecule has 0 spiro atoms. The SMILES string of the molecule is O=C(C1CC1)N1CC[C@@H]2NS(=O)(=O)c3ccccc3O[C@H]2CC1. The lowest BCUT2D eigenvalue weighted by molar-refractivity contribution is -0.132. The standard InChI is InChI=1S/C16H20N2O4S/c19-16(11-5-6-11)18-9-7-12-13(8-10-18)22-14-3-1-2-4-15(14)23(20,21)17-12/h1-4,11-13,17H,5-10H2/t12-,13-/m0/s1. The molecular weight excluding hydrogens is 316 g/mol. The van der Waals surface area contributed by atoms with Crippen molar-refractivity contribution in [2.24, 2.45) is 5.92 Å². The van der Waals surface area contributed by atoms with Crippen molar-refractivity contribution in [3.8, 4) is 5.75 Å². The Morgan fingerprint density at radius 2 is 1.87 bits per heavy atom. The number of benzene rings is 1. The zero-order valence-electron chi connectivity index (χ0n) is 12.8. The van der Waals surface area contributed by atoms with E-state index in [1.54, 1.807) is 24.3 Å². The molecule has 1 saturated heterocycles. The number of nitrogens with one attached hydrogen (secondary N) is 1. The number of hydrogen-bond donors (Lipinski definition) is 1. The van der Waals surface area contributed by atoms with Crippen molar-refractivity contribution in [2.45, 2.75) is 42.7 Å². The molecule has 4 rings (SSSR count). The van der Waals surface area contributed by atoms with Crippen molar-refractivity contribution in [1.29, 1.82) is 0 Å². The van der Waals surface area contributed by atoms with E-state index < -0.39 is 10.0 Å². The largest absolute Gasteiger partial charge is 0.487 e. The Morgan fingerprint density at radius 3 is 2.65 bits per heavy atom. The first-order valence-corrected chi connectivity index (χ1v) is 9.60. The van der Waals surface area contributed by atoms with Crippen LogP contribution >= 0.6 is 0 Å². The van der Waals surface area contributed by atoms with Crippen LogP contribution < -0.4 is 9.46 Å². The number of carbonyl (C=O) groups is 1. The maximum absolute atomic E-state index is 12.5. The predicted molar refractivity (Wildman–Crippen MR) is 83.5 cm³/mol. The van der Waals surface area contributed by atoms with E-state index >= 15 is 0 Å². The summed E-state index contributed by atoms with van der Waals surface area (Å²) in [7, 11) is -3.59. The van der Waals surface area contributed by atoms with Crippen molar-refractivity contribution in [3.05, 3.63) is 24.3 Å². The first-order valence-electron chi connectivity index (χ1n) is 8.11. The number of sulfonamides is 1. The molecule has 0 bridgehead atoms. The third-order valence-electron chi connectivity index (χ3n) is 4.80. The van der Waals surface area contributed by atoms with Crippen LogP contribution in [0.3, 0.4) is 0 Å². The van der Waals surface area contributed by atoms with E-state index in [1.807, 2.05) is 4.90 Å². The van der Waals surface area contributed by atoms with E-state index in [4.69, 9.17) is 4.74 Å². The minimum absolute atomic E-state index is 0.191. The van der Waals surface area contributed by atoms with Crippen LogP contribution in [0.25, 0.3) is 0 Å². The highest BCUT2D eigenvalue weighted by Crippen LogP contribution is 2.34. The van der Waals surface area contributed by atoms with Crippen LogP contribution in [0.1, 0.15) is 25.7 Å². The number of rotatable bonds is 1. The molecule has 0 unspecified atom stereocenters. The molecule has 124 valence electrons. The molecule has 1 aromatic carbocycles. The van der Waals surface area contributed by atoms with Gasteiger partial charge in [-0.1, -0.05) is 12.1 Å². The number of carbonyl (C=O) groups excluding carboxylic acids is 1.